The van der Waals surface area contributed by atoms with Crippen LogP contribution in [0, 0.1) is 6.92 Å². The number of nitrogens with zero attached hydrogens (tertiary/aromatic N) is 3. The van der Waals surface area contributed by atoms with Gasteiger partial charge in [0.15, 0.2) is 0 Å². The molecule has 0 unspecified atom stereocenters. The number of carbonyl (C=O) groups is 1. The molecule has 3 aromatic heterocycles. The van der Waals surface area contributed by atoms with Crippen molar-refractivity contribution < 1.29 is 4.79 Å². The predicted octanol–water partition coefficient (Wildman–Crippen LogP) is 4.43. The Kier molecular flexibility index (Phi) is 4.72. The summed E-state index contributed by atoms with van der Waals surface area (Å²) in [5.41, 5.74) is 6.68. The number of rotatable bonds is 4. The molecule has 0 aliphatic carbocycles. The quantitative estimate of drug-likeness (QED) is 0.426. The first-order chi connectivity index (χ1) is 13.2. The molecule has 3 heterocycles. The Morgan fingerprint density at radius 3 is 2.74 bits per heavy atom. The second-order valence-electron chi connectivity index (χ2n) is 5.98. The van der Waals surface area contributed by atoms with E-state index in [9.17, 15) is 4.79 Å². The minimum Gasteiger partial charge on any atom is -0.267 e. The first kappa shape index (κ1) is 17.1. The van der Waals surface area contributed by atoms with Gasteiger partial charge in [0.2, 0.25) is 0 Å². The summed E-state index contributed by atoms with van der Waals surface area (Å²) >= 11 is 1.58. The number of pyridine rings is 2. The molecule has 0 fully saturated rings. The van der Waals surface area contributed by atoms with Gasteiger partial charge in [-0.3, -0.25) is 9.78 Å². The number of hydrogen-bond donors (Lipinski definition) is 1. The minimum atomic E-state index is -0.269. The SMILES string of the molecule is Cc1ccsc1C=NNC(=O)c1cc(-c2ccncc2)nc2ccccc12. The summed E-state index contributed by atoms with van der Waals surface area (Å²) in [6.07, 6.45) is 5.09. The first-order valence-corrected chi connectivity index (χ1v) is 9.28. The van der Waals surface area contributed by atoms with Crippen LogP contribution in [0.2, 0.25) is 0 Å². The van der Waals surface area contributed by atoms with Gasteiger partial charge in [-0.25, -0.2) is 10.4 Å². The van der Waals surface area contributed by atoms with Crippen LogP contribution in [-0.4, -0.2) is 22.1 Å². The van der Waals surface area contributed by atoms with Crippen molar-refractivity contribution in [3.8, 4) is 11.3 Å². The van der Waals surface area contributed by atoms with Crippen molar-refractivity contribution in [3.63, 3.8) is 0 Å². The Morgan fingerprint density at radius 1 is 1.15 bits per heavy atom. The lowest BCUT2D eigenvalue weighted by Gasteiger charge is -2.08. The predicted molar refractivity (Wildman–Crippen MR) is 109 cm³/mol. The fourth-order valence-corrected chi connectivity index (χ4v) is 3.55. The summed E-state index contributed by atoms with van der Waals surface area (Å²) in [6.45, 7) is 2.01. The van der Waals surface area contributed by atoms with Crippen LogP contribution in [0.3, 0.4) is 0 Å². The number of benzene rings is 1. The van der Waals surface area contributed by atoms with Gasteiger partial charge in [-0.1, -0.05) is 18.2 Å². The lowest BCUT2D eigenvalue weighted by Crippen LogP contribution is -2.18. The van der Waals surface area contributed by atoms with Crippen LogP contribution in [0.25, 0.3) is 22.2 Å². The third-order valence-electron chi connectivity index (χ3n) is 4.19. The van der Waals surface area contributed by atoms with Crippen LogP contribution < -0.4 is 5.43 Å². The number of para-hydroxylation sites is 1. The second-order valence-corrected chi connectivity index (χ2v) is 6.92. The third-order valence-corrected chi connectivity index (χ3v) is 5.14. The molecule has 132 valence electrons. The first-order valence-electron chi connectivity index (χ1n) is 8.40. The van der Waals surface area contributed by atoms with Gasteiger partial charge >= 0.3 is 0 Å². The van der Waals surface area contributed by atoms with Crippen molar-refractivity contribution >= 4 is 34.4 Å². The third kappa shape index (κ3) is 3.61. The molecule has 4 rings (SSSR count). The minimum absolute atomic E-state index is 0.269. The molecular weight excluding hydrogens is 356 g/mol. The van der Waals surface area contributed by atoms with E-state index in [1.807, 2.05) is 54.8 Å². The van der Waals surface area contributed by atoms with Gasteiger partial charge in [0.05, 0.1) is 23.0 Å². The molecule has 6 heteroatoms. The van der Waals surface area contributed by atoms with Crippen LogP contribution in [0.5, 0.6) is 0 Å². The molecule has 1 N–H and O–H groups in total. The monoisotopic (exact) mass is 372 g/mol. The van der Waals surface area contributed by atoms with Gasteiger partial charge in [-0.05, 0) is 48.2 Å². The highest BCUT2D eigenvalue weighted by Crippen LogP contribution is 2.24. The summed E-state index contributed by atoms with van der Waals surface area (Å²) in [6, 6.07) is 15.1. The topological polar surface area (TPSA) is 67.2 Å². The highest BCUT2D eigenvalue weighted by molar-refractivity contribution is 7.11. The largest absolute Gasteiger partial charge is 0.272 e. The number of aromatic nitrogens is 2. The fourth-order valence-electron chi connectivity index (χ4n) is 2.76. The molecule has 0 atom stereocenters. The molecule has 5 nitrogen and oxygen atoms in total. The second kappa shape index (κ2) is 7.47. The molecule has 1 amide bonds. The Labute approximate surface area is 160 Å². The van der Waals surface area contributed by atoms with E-state index < -0.39 is 0 Å². The van der Waals surface area contributed by atoms with Crippen LogP contribution in [-0.2, 0) is 0 Å². The molecule has 0 radical (unpaired) electrons. The lowest BCUT2D eigenvalue weighted by atomic mass is 10.0. The summed E-state index contributed by atoms with van der Waals surface area (Å²) in [5.74, 6) is -0.269. The van der Waals surface area contributed by atoms with Crippen molar-refractivity contribution in [2.75, 3.05) is 0 Å². The zero-order valence-electron chi connectivity index (χ0n) is 14.6. The van der Waals surface area contributed by atoms with E-state index in [1.54, 1.807) is 36.0 Å². The zero-order chi connectivity index (χ0) is 18.6. The Hall–Kier alpha value is -3.38. The highest BCUT2D eigenvalue weighted by atomic mass is 32.1. The Morgan fingerprint density at radius 2 is 1.96 bits per heavy atom. The molecule has 0 aliphatic rings. The zero-order valence-corrected chi connectivity index (χ0v) is 15.4. The van der Waals surface area contributed by atoms with E-state index >= 15 is 0 Å². The lowest BCUT2D eigenvalue weighted by molar-refractivity contribution is 0.0956. The van der Waals surface area contributed by atoms with Crippen LogP contribution in [0.1, 0.15) is 20.8 Å². The summed E-state index contributed by atoms with van der Waals surface area (Å²) in [7, 11) is 0. The van der Waals surface area contributed by atoms with Crippen molar-refractivity contribution in [1.29, 1.82) is 0 Å². The molecule has 0 aliphatic heterocycles. The van der Waals surface area contributed by atoms with E-state index in [0.717, 1.165) is 32.6 Å². The number of amides is 1. The number of carbonyl (C=O) groups excluding carboxylic acids is 1. The van der Waals surface area contributed by atoms with Crippen LogP contribution in [0.15, 0.2) is 71.4 Å². The maximum atomic E-state index is 12.8. The smallest absolute Gasteiger partial charge is 0.267 e. The number of hydrogen-bond acceptors (Lipinski definition) is 5. The normalized spacial score (nSPS) is 11.1. The van der Waals surface area contributed by atoms with Crippen molar-refractivity contribution in [1.82, 2.24) is 15.4 Å². The van der Waals surface area contributed by atoms with E-state index in [0.29, 0.717) is 5.56 Å². The van der Waals surface area contributed by atoms with E-state index in [-0.39, 0.29) is 5.91 Å². The van der Waals surface area contributed by atoms with Gasteiger partial charge in [0, 0.05) is 28.2 Å². The summed E-state index contributed by atoms with van der Waals surface area (Å²) in [5, 5.41) is 6.90. The van der Waals surface area contributed by atoms with E-state index in [4.69, 9.17) is 0 Å². The Bertz CT molecular complexity index is 1140. The highest BCUT2D eigenvalue weighted by Gasteiger charge is 2.13. The van der Waals surface area contributed by atoms with Gasteiger partial charge < -0.3 is 0 Å². The maximum absolute atomic E-state index is 12.8. The number of fused-ring (bicyclic) bond motifs is 1. The van der Waals surface area contributed by atoms with E-state index in [1.165, 1.54) is 0 Å². The molecule has 0 saturated heterocycles. The van der Waals surface area contributed by atoms with Gasteiger partial charge in [0.1, 0.15) is 0 Å². The molecule has 1 aromatic carbocycles. The number of hydrazone groups is 1. The van der Waals surface area contributed by atoms with Crippen LogP contribution in [0.4, 0.5) is 0 Å². The molecule has 0 bridgehead atoms. The van der Waals surface area contributed by atoms with Gasteiger partial charge in [-0.15, -0.1) is 11.3 Å². The van der Waals surface area contributed by atoms with Crippen molar-refractivity contribution in [2.45, 2.75) is 6.92 Å². The van der Waals surface area contributed by atoms with Crippen LogP contribution >= 0.6 is 11.3 Å². The van der Waals surface area contributed by atoms with Crippen molar-refractivity contribution in [3.05, 3.63) is 82.3 Å². The number of nitrogens with one attached hydrogen (secondary N) is 1. The fraction of sp³-hybridized carbons (Fsp3) is 0.0476. The average Bonchev–Trinajstić information content (AvgIpc) is 3.12. The van der Waals surface area contributed by atoms with Gasteiger partial charge in [0.25, 0.3) is 5.91 Å². The Balaban J connectivity index is 1.70. The molecule has 0 saturated carbocycles. The molecule has 0 spiro atoms. The van der Waals surface area contributed by atoms with Crippen molar-refractivity contribution in [2.24, 2.45) is 5.10 Å². The summed E-state index contributed by atoms with van der Waals surface area (Å²) in [4.78, 5) is 22.5. The molecule has 4 aromatic rings. The number of aryl methyl sites for hydroxylation is 1. The maximum Gasteiger partial charge on any atom is 0.272 e. The van der Waals surface area contributed by atoms with E-state index in [2.05, 4.69) is 20.5 Å². The number of thiophene rings is 1. The standard InChI is InChI=1S/C21H16N4OS/c1-14-8-11-27-20(14)13-23-25-21(26)17-12-19(15-6-9-22-10-7-15)24-18-5-3-2-4-16(17)18/h2-13H,1H3,(H,25,26). The molecule has 27 heavy (non-hydrogen) atoms. The molecular formula is C21H16N4OS. The van der Waals surface area contributed by atoms with Gasteiger partial charge in [-0.2, -0.15) is 5.10 Å². The summed E-state index contributed by atoms with van der Waals surface area (Å²) < 4.78 is 0. The average molecular weight is 372 g/mol.